The van der Waals surface area contributed by atoms with E-state index in [0.717, 1.165) is 0 Å². The van der Waals surface area contributed by atoms with Crippen LogP contribution in [0.5, 0.6) is 0 Å². The molecule has 88 valence electrons. The smallest absolute Gasteiger partial charge is 0.0595 e. The highest BCUT2D eigenvalue weighted by Crippen LogP contribution is 2.30. The molecule has 1 aliphatic heterocycles. The molecule has 0 fully saturated rings. The Balaban J connectivity index is 2.13. The van der Waals surface area contributed by atoms with Gasteiger partial charge in [0.1, 0.15) is 0 Å². The van der Waals surface area contributed by atoms with Gasteiger partial charge in [0.2, 0.25) is 0 Å². The van der Waals surface area contributed by atoms with E-state index in [4.69, 9.17) is 0 Å². The van der Waals surface area contributed by atoms with Crippen molar-refractivity contribution in [3.63, 3.8) is 0 Å². The van der Waals surface area contributed by atoms with Gasteiger partial charge in [-0.2, -0.15) is 0 Å². The molecule has 0 saturated carbocycles. The lowest BCUT2D eigenvalue weighted by Crippen LogP contribution is -2.07. The van der Waals surface area contributed by atoms with Gasteiger partial charge in [0.05, 0.1) is 5.70 Å². The normalized spacial score (nSPS) is 14.4. The molecule has 3 rings (SSSR count). The Morgan fingerprint density at radius 3 is 2.00 bits per heavy atom. The fourth-order valence-corrected chi connectivity index (χ4v) is 2.63. The van der Waals surface area contributed by atoms with Crippen molar-refractivity contribution >= 4 is 23.2 Å². The van der Waals surface area contributed by atoms with Gasteiger partial charge in [0, 0.05) is 5.57 Å². The molecular weight excluding hydrogens is 238 g/mol. The van der Waals surface area contributed by atoms with Crippen molar-refractivity contribution in [1.29, 1.82) is 0 Å². The van der Waals surface area contributed by atoms with Gasteiger partial charge in [-0.15, -0.1) is 0 Å². The minimum Gasteiger partial charge on any atom is -0.325 e. The lowest BCUT2D eigenvalue weighted by molar-refractivity contribution is 1.40. The average Bonchev–Trinajstić information content (AvgIpc) is 2.49. The van der Waals surface area contributed by atoms with Crippen LogP contribution in [0.3, 0.4) is 0 Å². The molecule has 1 aliphatic rings. The summed E-state index contributed by atoms with van der Waals surface area (Å²) in [6.07, 6.45) is 2.17. The Morgan fingerprint density at radius 1 is 0.722 bits per heavy atom. The van der Waals surface area contributed by atoms with Gasteiger partial charge in [0.15, 0.2) is 0 Å². The molecule has 1 heterocycles. The number of hydrogen-bond acceptors (Lipinski definition) is 2. The van der Waals surface area contributed by atoms with E-state index in [1.807, 2.05) is 12.1 Å². The zero-order valence-electron chi connectivity index (χ0n) is 9.84. The third-order valence-electron chi connectivity index (χ3n) is 2.88. The summed E-state index contributed by atoms with van der Waals surface area (Å²) in [6, 6.07) is 20.9. The Bertz CT molecular complexity index is 585. The number of allylic oxidation sites excluding steroid dienone is 2. The SMILES string of the molecule is C1=CC(c2ccccc2)=C(c2ccccc2)NS1. The molecule has 2 heteroatoms. The summed E-state index contributed by atoms with van der Waals surface area (Å²) in [5.74, 6) is 0. The minimum atomic E-state index is 1.18. The standard InChI is InChI=1S/C16H13NS/c1-3-7-13(8-4-1)15-11-12-18-17-16(15)14-9-5-2-6-10-14/h1-12,17H. The Morgan fingerprint density at radius 2 is 1.33 bits per heavy atom. The largest absolute Gasteiger partial charge is 0.325 e. The highest BCUT2D eigenvalue weighted by molar-refractivity contribution is 8.00. The summed E-state index contributed by atoms with van der Waals surface area (Å²) in [6.45, 7) is 0. The predicted octanol–water partition coefficient (Wildman–Crippen LogP) is 4.32. The second kappa shape index (κ2) is 5.15. The summed E-state index contributed by atoms with van der Waals surface area (Å²) in [5.41, 5.74) is 4.86. The van der Waals surface area contributed by atoms with Gasteiger partial charge >= 0.3 is 0 Å². The highest BCUT2D eigenvalue weighted by atomic mass is 32.2. The van der Waals surface area contributed by atoms with Crippen LogP contribution in [0.4, 0.5) is 0 Å². The summed E-state index contributed by atoms with van der Waals surface area (Å²) in [7, 11) is 0. The average molecular weight is 251 g/mol. The summed E-state index contributed by atoms with van der Waals surface area (Å²) >= 11 is 1.61. The molecule has 0 aromatic heterocycles. The fourth-order valence-electron chi connectivity index (χ4n) is 2.01. The summed E-state index contributed by atoms with van der Waals surface area (Å²) in [5, 5.41) is 2.08. The van der Waals surface area contributed by atoms with Crippen LogP contribution in [-0.4, -0.2) is 0 Å². The maximum atomic E-state index is 3.39. The Kier molecular flexibility index (Phi) is 3.20. The van der Waals surface area contributed by atoms with Crippen molar-refractivity contribution in [2.45, 2.75) is 0 Å². The van der Waals surface area contributed by atoms with E-state index >= 15 is 0 Å². The zero-order chi connectivity index (χ0) is 12.2. The molecule has 0 atom stereocenters. The van der Waals surface area contributed by atoms with Gasteiger partial charge in [-0.25, -0.2) is 0 Å². The molecular formula is C16H13NS. The van der Waals surface area contributed by atoms with Crippen LogP contribution in [0, 0.1) is 0 Å². The molecule has 0 unspecified atom stereocenters. The zero-order valence-corrected chi connectivity index (χ0v) is 10.7. The Hall–Kier alpha value is -1.93. The monoisotopic (exact) mass is 251 g/mol. The Labute approximate surface area is 111 Å². The number of benzene rings is 2. The van der Waals surface area contributed by atoms with Crippen molar-refractivity contribution in [2.75, 3.05) is 0 Å². The first-order chi connectivity index (χ1) is 8.95. The predicted molar refractivity (Wildman–Crippen MR) is 79.6 cm³/mol. The van der Waals surface area contributed by atoms with Crippen LogP contribution in [0.15, 0.2) is 72.1 Å². The highest BCUT2D eigenvalue weighted by Gasteiger charge is 2.11. The van der Waals surface area contributed by atoms with Crippen molar-refractivity contribution in [3.8, 4) is 0 Å². The van der Waals surface area contributed by atoms with E-state index in [0.29, 0.717) is 0 Å². The van der Waals surface area contributed by atoms with Crippen LogP contribution in [0.1, 0.15) is 11.1 Å². The van der Waals surface area contributed by atoms with Crippen LogP contribution >= 0.6 is 11.9 Å². The summed E-state index contributed by atoms with van der Waals surface area (Å²) in [4.78, 5) is 0. The van der Waals surface area contributed by atoms with Crippen molar-refractivity contribution in [2.24, 2.45) is 0 Å². The lowest BCUT2D eigenvalue weighted by atomic mass is 10.00. The van der Waals surface area contributed by atoms with Gasteiger partial charge in [-0.1, -0.05) is 60.7 Å². The minimum absolute atomic E-state index is 1.18. The van der Waals surface area contributed by atoms with E-state index in [1.54, 1.807) is 11.9 Å². The van der Waals surface area contributed by atoms with Gasteiger partial charge in [-0.3, -0.25) is 0 Å². The van der Waals surface area contributed by atoms with Crippen LogP contribution in [0.25, 0.3) is 11.3 Å². The number of hydrogen-bond donors (Lipinski definition) is 1. The topological polar surface area (TPSA) is 12.0 Å². The third kappa shape index (κ3) is 2.20. The first kappa shape index (κ1) is 11.2. The molecule has 0 saturated heterocycles. The first-order valence-electron chi connectivity index (χ1n) is 5.88. The van der Waals surface area contributed by atoms with Gasteiger partial charge in [0.25, 0.3) is 0 Å². The number of nitrogens with one attached hydrogen (secondary N) is 1. The first-order valence-corrected chi connectivity index (χ1v) is 6.76. The second-order valence-corrected chi connectivity index (χ2v) is 4.76. The van der Waals surface area contributed by atoms with Gasteiger partial charge in [-0.05, 0) is 34.6 Å². The quantitative estimate of drug-likeness (QED) is 0.798. The molecule has 0 radical (unpaired) electrons. The molecule has 0 amide bonds. The van der Waals surface area contributed by atoms with E-state index in [2.05, 4.69) is 64.7 Å². The molecule has 1 nitrogen and oxygen atoms in total. The molecule has 1 N–H and O–H groups in total. The van der Waals surface area contributed by atoms with Crippen molar-refractivity contribution in [1.82, 2.24) is 4.72 Å². The lowest BCUT2D eigenvalue weighted by Gasteiger charge is -2.17. The maximum absolute atomic E-state index is 3.39. The van der Waals surface area contributed by atoms with Crippen LogP contribution in [0.2, 0.25) is 0 Å². The number of rotatable bonds is 2. The van der Waals surface area contributed by atoms with Gasteiger partial charge < -0.3 is 4.72 Å². The molecule has 2 aromatic carbocycles. The van der Waals surface area contributed by atoms with Crippen molar-refractivity contribution in [3.05, 3.63) is 83.3 Å². The van der Waals surface area contributed by atoms with E-state index < -0.39 is 0 Å². The summed E-state index contributed by atoms with van der Waals surface area (Å²) < 4.78 is 3.39. The third-order valence-corrected chi connectivity index (χ3v) is 3.47. The molecule has 0 aliphatic carbocycles. The van der Waals surface area contributed by atoms with E-state index in [-0.39, 0.29) is 0 Å². The maximum Gasteiger partial charge on any atom is 0.0595 e. The van der Waals surface area contributed by atoms with E-state index in [9.17, 15) is 0 Å². The van der Waals surface area contributed by atoms with E-state index in [1.165, 1.54) is 22.4 Å². The molecule has 0 spiro atoms. The van der Waals surface area contributed by atoms with Crippen LogP contribution < -0.4 is 4.72 Å². The fraction of sp³-hybridized carbons (Fsp3) is 0. The second-order valence-electron chi connectivity index (χ2n) is 4.04. The van der Waals surface area contributed by atoms with Crippen LogP contribution in [-0.2, 0) is 0 Å². The van der Waals surface area contributed by atoms with Crippen molar-refractivity contribution < 1.29 is 0 Å². The molecule has 18 heavy (non-hydrogen) atoms. The molecule has 0 bridgehead atoms. The molecule has 2 aromatic rings.